The van der Waals surface area contributed by atoms with Gasteiger partial charge in [-0.2, -0.15) is 0 Å². The van der Waals surface area contributed by atoms with Gasteiger partial charge in [-0.1, -0.05) is 48.5 Å². The van der Waals surface area contributed by atoms with Gasteiger partial charge in [0.05, 0.1) is 17.0 Å². The first kappa shape index (κ1) is 21.8. The van der Waals surface area contributed by atoms with E-state index in [0.29, 0.717) is 0 Å². The maximum Gasteiger partial charge on any atom is 0.233 e. The fraction of sp³-hybridized carbons (Fsp3) is 0.385. The molecule has 31 heavy (non-hydrogen) atoms. The molecule has 1 aromatic heterocycles. The minimum Gasteiger partial charge on any atom is -0.337 e. The van der Waals surface area contributed by atoms with Gasteiger partial charge in [-0.15, -0.1) is 12.4 Å². The number of halogens is 1. The molecule has 1 saturated carbocycles. The Hall–Kier alpha value is -2.43. The van der Waals surface area contributed by atoms with Gasteiger partial charge in [-0.05, 0) is 62.0 Å². The molecule has 162 valence electrons. The van der Waals surface area contributed by atoms with E-state index >= 15 is 0 Å². The lowest BCUT2D eigenvalue weighted by molar-refractivity contribution is -0.135. The summed E-state index contributed by atoms with van der Waals surface area (Å²) in [4.78, 5) is 23.0. The lowest BCUT2D eigenvalue weighted by atomic mass is 9.93. The number of carbonyl (C=O) groups is 1. The summed E-state index contributed by atoms with van der Waals surface area (Å²) in [6, 6.07) is 20.9. The molecule has 0 bridgehead atoms. The van der Waals surface area contributed by atoms with Gasteiger partial charge < -0.3 is 9.80 Å². The van der Waals surface area contributed by atoms with Crippen molar-refractivity contribution in [1.82, 2.24) is 14.8 Å². The molecule has 5 heteroatoms. The summed E-state index contributed by atoms with van der Waals surface area (Å²) in [5.74, 6) is 0.229. The molecule has 0 N–H and O–H groups in total. The number of nitrogens with zero attached hydrogens (tertiary/aromatic N) is 3. The standard InChI is InChI=1S/C26H29N3O.ClH/c1-28(24(19-29-15-7-8-16-29)20-9-3-2-4-10-20)25(30)26(13-14-26)22-17-21-11-5-6-12-23(21)27-18-22;/h2-6,9-12,17-18,24H,7-8,13-16,19H2,1H3;1H/t24-;/m1./s1. The van der Waals surface area contributed by atoms with Crippen LogP contribution in [-0.2, 0) is 10.2 Å². The van der Waals surface area contributed by atoms with Gasteiger partial charge >= 0.3 is 0 Å². The number of rotatable bonds is 6. The number of hydrogen-bond acceptors (Lipinski definition) is 3. The highest BCUT2D eigenvalue weighted by molar-refractivity contribution is 5.92. The van der Waals surface area contributed by atoms with Crippen LogP contribution in [0, 0.1) is 0 Å². The van der Waals surface area contributed by atoms with Crippen LogP contribution in [0.4, 0.5) is 0 Å². The van der Waals surface area contributed by atoms with Crippen molar-refractivity contribution in [3.63, 3.8) is 0 Å². The Balaban J connectivity index is 0.00000231. The molecule has 2 heterocycles. The van der Waals surface area contributed by atoms with E-state index in [2.05, 4.69) is 46.3 Å². The summed E-state index contributed by atoms with van der Waals surface area (Å²) in [7, 11) is 1.99. The number of carbonyl (C=O) groups excluding carboxylic acids is 1. The van der Waals surface area contributed by atoms with Gasteiger partial charge in [0, 0.05) is 25.2 Å². The quantitative estimate of drug-likeness (QED) is 0.547. The van der Waals surface area contributed by atoms with Gasteiger partial charge in [0.2, 0.25) is 5.91 Å². The van der Waals surface area contributed by atoms with Gasteiger partial charge in [0.15, 0.2) is 0 Å². The molecule has 2 aliphatic rings. The Bertz CT molecular complexity index is 1040. The van der Waals surface area contributed by atoms with E-state index in [1.807, 2.05) is 42.4 Å². The predicted molar refractivity (Wildman–Crippen MR) is 128 cm³/mol. The van der Waals surface area contributed by atoms with Crippen LogP contribution in [0.2, 0.25) is 0 Å². The van der Waals surface area contributed by atoms with Gasteiger partial charge in [0.25, 0.3) is 0 Å². The van der Waals surface area contributed by atoms with Crippen molar-refractivity contribution >= 4 is 29.2 Å². The number of likely N-dealkylation sites (tertiary alicyclic amines) is 1. The predicted octanol–water partition coefficient (Wildman–Crippen LogP) is 4.98. The number of aromatic nitrogens is 1. The second-order valence-corrected chi connectivity index (χ2v) is 8.85. The van der Waals surface area contributed by atoms with E-state index in [-0.39, 0.29) is 24.4 Å². The maximum atomic E-state index is 13.8. The summed E-state index contributed by atoms with van der Waals surface area (Å²) in [6.07, 6.45) is 6.24. The van der Waals surface area contributed by atoms with E-state index in [0.717, 1.165) is 48.9 Å². The van der Waals surface area contributed by atoms with Crippen LogP contribution in [0.1, 0.15) is 42.9 Å². The lowest BCUT2D eigenvalue weighted by Crippen LogP contribution is -2.43. The third kappa shape index (κ3) is 4.19. The van der Waals surface area contributed by atoms with Crippen molar-refractivity contribution in [1.29, 1.82) is 0 Å². The molecule has 1 aliphatic heterocycles. The highest BCUT2D eigenvalue weighted by atomic mass is 35.5. The Morgan fingerprint density at radius 2 is 1.74 bits per heavy atom. The molecular weight excluding hydrogens is 406 g/mol. The molecule has 0 spiro atoms. The number of hydrogen-bond donors (Lipinski definition) is 0. The van der Waals surface area contributed by atoms with Crippen LogP contribution in [0.25, 0.3) is 10.9 Å². The second kappa shape index (κ2) is 8.97. The number of amides is 1. The first-order chi connectivity index (χ1) is 14.7. The molecule has 2 aromatic carbocycles. The van der Waals surface area contributed by atoms with Crippen LogP contribution in [0.15, 0.2) is 66.9 Å². The van der Waals surface area contributed by atoms with Crippen molar-refractivity contribution < 1.29 is 4.79 Å². The van der Waals surface area contributed by atoms with E-state index in [1.54, 1.807) is 0 Å². The minimum atomic E-state index is -0.413. The molecule has 2 fully saturated rings. The van der Waals surface area contributed by atoms with E-state index in [1.165, 1.54) is 18.4 Å². The minimum absolute atomic E-state index is 0. The summed E-state index contributed by atoms with van der Waals surface area (Å²) in [6.45, 7) is 3.16. The zero-order chi connectivity index (χ0) is 20.6. The van der Waals surface area contributed by atoms with Crippen LogP contribution in [0.5, 0.6) is 0 Å². The van der Waals surface area contributed by atoms with Gasteiger partial charge in [-0.25, -0.2) is 0 Å². The molecule has 0 unspecified atom stereocenters. The van der Waals surface area contributed by atoms with Crippen LogP contribution in [0.3, 0.4) is 0 Å². The highest BCUT2D eigenvalue weighted by Gasteiger charge is 2.53. The lowest BCUT2D eigenvalue weighted by Gasteiger charge is -2.34. The van der Waals surface area contributed by atoms with Crippen LogP contribution < -0.4 is 0 Å². The number of pyridine rings is 1. The van der Waals surface area contributed by atoms with Crippen molar-refractivity contribution in [3.8, 4) is 0 Å². The monoisotopic (exact) mass is 435 g/mol. The molecule has 1 aliphatic carbocycles. The van der Waals surface area contributed by atoms with E-state index in [9.17, 15) is 4.79 Å². The normalized spacial score (nSPS) is 18.4. The smallest absolute Gasteiger partial charge is 0.233 e. The summed E-state index contributed by atoms with van der Waals surface area (Å²) in [5, 5.41) is 1.11. The Labute approximate surface area is 190 Å². The molecule has 1 atom stereocenters. The fourth-order valence-corrected chi connectivity index (χ4v) is 4.90. The van der Waals surface area contributed by atoms with Gasteiger partial charge in [-0.3, -0.25) is 9.78 Å². The second-order valence-electron chi connectivity index (χ2n) is 8.85. The van der Waals surface area contributed by atoms with Gasteiger partial charge in [0.1, 0.15) is 0 Å². The molecule has 3 aromatic rings. The average molecular weight is 436 g/mol. The van der Waals surface area contributed by atoms with Crippen LogP contribution >= 0.6 is 12.4 Å². The number of para-hydroxylation sites is 1. The topological polar surface area (TPSA) is 36.4 Å². The fourth-order valence-electron chi connectivity index (χ4n) is 4.90. The first-order valence-electron chi connectivity index (χ1n) is 11.1. The molecular formula is C26H30ClN3O. The van der Waals surface area contributed by atoms with Crippen molar-refractivity contribution in [3.05, 3.63) is 78.0 Å². The van der Waals surface area contributed by atoms with Crippen LogP contribution in [-0.4, -0.2) is 47.4 Å². The number of benzene rings is 2. The summed E-state index contributed by atoms with van der Waals surface area (Å²) < 4.78 is 0. The molecule has 5 rings (SSSR count). The molecule has 1 amide bonds. The van der Waals surface area contributed by atoms with E-state index in [4.69, 9.17) is 0 Å². The number of fused-ring (bicyclic) bond motifs is 1. The third-order valence-corrected chi connectivity index (χ3v) is 6.90. The van der Waals surface area contributed by atoms with Crippen molar-refractivity contribution in [2.24, 2.45) is 0 Å². The zero-order valence-electron chi connectivity index (χ0n) is 18.0. The Morgan fingerprint density at radius 3 is 2.45 bits per heavy atom. The maximum absolute atomic E-state index is 13.8. The highest BCUT2D eigenvalue weighted by Crippen LogP contribution is 2.50. The summed E-state index contributed by atoms with van der Waals surface area (Å²) >= 11 is 0. The SMILES string of the molecule is CN(C(=O)C1(c2cnc3ccccc3c2)CC1)[C@H](CN1CCCC1)c1ccccc1.Cl. The van der Waals surface area contributed by atoms with Crippen molar-refractivity contribution in [2.75, 3.05) is 26.7 Å². The zero-order valence-corrected chi connectivity index (χ0v) is 18.9. The van der Waals surface area contributed by atoms with E-state index < -0.39 is 5.41 Å². The van der Waals surface area contributed by atoms with Crippen molar-refractivity contribution in [2.45, 2.75) is 37.1 Å². The number of likely N-dealkylation sites (N-methyl/N-ethyl adjacent to an activating group) is 1. The third-order valence-electron chi connectivity index (χ3n) is 6.90. The summed E-state index contributed by atoms with van der Waals surface area (Å²) in [5.41, 5.74) is 2.84. The average Bonchev–Trinajstić information content (AvgIpc) is 3.45. The Kier molecular flexibility index (Phi) is 6.31. The molecule has 4 nitrogen and oxygen atoms in total. The molecule has 0 radical (unpaired) electrons. The first-order valence-corrected chi connectivity index (χ1v) is 11.1. The largest absolute Gasteiger partial charge is 0.337 e. The Morgan fingerprint density at radius 1 is 1.06 bits per heavy atom. The molecule has 1 saturated heterocycles.